The van der Waals surface area contributed by atoms with Gasteiger partial charge in [-0.1, -0.05) is 5.16 Å². The van der Waals surface area contributed by atoms with Crippen LogP contribution >= 0.6 is 0 Å². The van der Waals surface area contributed by atoms with Gasteiger partial charge in [-0.3, -0.25) is 0 Å². The highest BCUT2D eigenvalue weighted by molar-refractivity contribution is 6.03. The lowest BCUT2D eigenvalue weighted by atomic mass is 9.85. The van der Waals surface area contributed by atoms with Crippen LogP contribution in [-0.2, 0) is 19.3 Å². The van der Waals surface area contributed by atoms with Crippen LogP contribution in [0.4, 0.5) is 0 Å². The van der Waals surface area contributed by atoms with E-state index in [0.29, 0.717) is 0 Å². The summed E-state index contributed by atoms with van der Waals surface area (Å²) in [6, 6.07) is 0. The first-order valence-electron chi connectivity index (χ1n) is 5.99. The molecule has 0 saturated heterocycles. The molecule has 0 aliphatic heterocycles. The highest BCUT2D eigenvalue weighted by Crippen LogP contribution is 2.29. The van der Waals surface area contributed by atoms with E-state index in [0.717, 1.165) is 54.8 Å². The third kappa shape index (κ3) is 1.40. The highest BCUT2D eigenvalue weighted by atomic mass is 16.4. The molecule has 4 nitrogen and oxygen atoms in total. The van der Waals surface area contributed by atoms with Crippen molar-refractivity contribution in [1.29, 1.82) is 0 Å². The molecule has 0 atom stereocenters. The second kappa shape index (κ2) is 3.85. The molecule has 0 bridgehead atoms. The quantitative estimate of drug-likeness (QED) is 0.533. The topological polar surface area (TPSA) is 58.4 Å². The smallest absolute Gasteiger partial charge is 0.0890 e. The number of hydrogen-bond acceptors (Lipinski definition) is 4. The molecule has 1 heterocycles. The highest BCUT2D eigenvalue weighted by Gasteiger charge is 2.25. The van der Waals surface area contributed by atoms with Crippen LogP contribution in [0.1, 0.15) is 48.2 Å². The van der Waals surface area contributed by atoms with Gasteiger partial charge in [-0.15, -0.1) is 0 Å². The predicted molar refractivity (Wildman–Crippen MR) is 59.9 cm³/mol. The monoisotopic (exact) mass is 217 g/mol. The molecule has 1 aromatic rings. The van der Waals surface area contributed by atoms with Crippen LogP contribution in [0.5, 0.6) is 0 Å². The number of nitrogens with zero attached hydrogens (tertiary/aromatic N) is 3. The molecular weight excluding hydrogens is 202 g/mol. The molecule has 84 valence electrons. The largest absolute Gasteiger partial charge is 0.411 e. The molecule has 0 saturated carbocycles. The van der Waals surface area contributed by atoms with E-state index < -0.39 is 0 Å². The van der Waals surface area contributed by atoms with Gasteiger partial charge in [0.2, 0.25) is 0 Å². The molecule has 0 amide bonds. The van der Waals surface area contributed by atoms with Crippen LogP contribution in [0.15, 0.2) is 5.16 Å². The zero-order valence-corrected chi connectivity index (χ0v) is 9.24. The molecule has 0 aromatic carbocycles. The van der Waals surface area contributed by atoms with Gasteiger partial charge in [-0.05, 0) is 50.5 Å². The SMILES string of the molecule is O/N=C1/CCCc2nnc3c(c21)CCCC3. The maximum atomic E-state index is 9.08. The number of oxime groups is 1. The minimum absolute atomic E-state index is 0.814. The van der Waals surface area contributed by atoms with E-state index in [-0.39, 0.29) is 0 Å². The summed E-state index contributed by atoms with van der Waals surface area (Å²) in [7, 11) is 0. The van der Waals surface area contributed by atoms with Crippen LogP contribution in [0.2, 0.25) is 0 Å². The maximum Gasteiger partial charge on any atom is 0.0890 e. The van der Waals surface area contributed by atoms with Gasteiger partial charge < -0.3 is 5.21 Å². The molecule has 2 aliphatic rings. The summed E-state index contributed by atoms with van der Waals surface area (Å²) in [4.78, 5) is 0. The third-order valence-electron chi connectivity index (χ3n) is 3.56. The van der Waals surface area contributed by atoms with Crippen molar-refractivity contribution in [2.24, 2.45) is 5.16 Å². The lowest BCUT2D eigenvalue weighted by molar-refractivity contribution is 0.317. The molecule has 4 heteroatoms. The summed E-state index contributed by atoms with van der Waals surface area (Å²) >= 11 is 0. The van der Waals surface area contributed by atoms with Crippen molar-refractivity contribution in [1.82, 2.24) is 10.2 Å². The van der Waals surface area contributed by atoms with Crippen molar-refractivity contribution in [3.63, 3.8) is 0 Å². The van der Waals surface area contributed by atoms with Crippen molar-refractivity contribution in [2.45, 2.75) is 44.9 Å². The van der Waals surface area contributed by atoms with Crippen molar-refractivity contribution < 1.29 is 5.21 Å². The fourth-order valence-electron chi connectivity index (χ4n) is 2.78. The molecule has 0 spiro atoms. The summed E-state index contributed by atoms with van der Waals surface area (Å²) in [6.45, 7) is 0. The van der Waals surface area contributed by atoms with Crippen molar-refractivity contribution >= 4 is 5.71 Å². The van der Waals surface area contributed by atoms with Gasteiger partial charge in [0.25, 0.3) is 0 Å². The molecule has 0 radical (unpaired) electrons. The zero-order chi connectivity index (χ0) is 11.0. The Balaban J connectivity index is 2.20. The minimum atomic E-state index is 0.814. The van der Waals surface area contributed by atoms with Crippen LogP contribution in [0.25, 0.3) is 0 Å². The lowest BCUT2D eigenvalue weighted by Crippen LogP contribution is -2.21. The Bertz CT molecular complexity index is 454. The summed E-state index contributed by atoms with van der Waals surface area (Å²) in [5.41, 5.74) is 5.37. The fourth-order valence-corrected chi connectivity index (χ4v) is 2.78. The molecule has 0 unspecified atom stereocenters. The van der Waals surface area contributed by atoms with E-state index in [4.69, 9.17) is 5.21 Å². The second-order valence-corrected chi connectivity index (χ2v) is 4.55. The average Bonchev–Trinajstić information content (AvgIpc) is 2.37. The van der Waals surface area contributed by atoms with Crippen molar-refractivity contribution in [3.8, 4) is 0 Å². The first-order valence-corrected chi connectivity index (χ1v) is 5.99. The van der Waals surface area contributed by atoms with E-state index in [1.807, 2.05) is 0 Å². The van der Waals surface area contributed by atoms with Gasteiger partial charge in [-0.2, -0.15) is 10.2 Å². The van der Waals surface area contributed by atoms with Gasteiger partial charge in [0.1, 0.15) is 0 Å². The molecule has 1 aromatic heterocycles. The number of rotatable bonds is 0. The van der Waals surface area contributed by atoms with Crippen LogP contribution in [-0.4, -0.2) is 21.1 Å². The first-order chi connectivity index (χ1) is 7.90. The Morgan fingerprint density at radius 2 is 1.62 bits per heavy atom. The average molecular weight is 217 g/mol. The Labute approximate surface area is 94.4 Å². The third-order valence-corrected chi connectivity index (χ3v) is 3.56. The standard InChI is InChI=1S/C12H15N3O/c16-15-11-7-3-6-10-12(11)8-4-1-2-5-9(8)13-14-10/h16H,1-7H2/b15-11-. The number of aryl methyl sites for hydroxylation is 2. The van der Waals surface area contributed by atoms with E-state index in [1.165, 1.54) is 18.4 Å². The minimum Gasteiger partial charge on any atom is -0.411 e. The molecule has 16 heavy (non-hydrogen) atoms. The summed E-state index contributed by atoms with van der Waals surface area (Å²) < 4.78 is 0. The van der Waals surface area contributed by atoms with Gasteiger partial charge in [0, 0.05) is 5.56 Å². The van der Waals surface area contributed by atoms with Gasteiger partial charge in [-0.25, -0.2) is 0 Å². The summed E-state index contributed by atoms with van der Waals surface area (Å²) in [5.74, 6) is 0. The first kappa shape index (κ1) is 9.75. The Morgan fingerprint density at radius 1 is 0.875 bits per heavy atom. The lowest BCUT2D eigenvalue weighted by Gasteiger charge is -2.23. The fraction of sp³-hybridized carbons (Fsp3) is 0.583. The number of fused-ring (bicyclic) bond motifs is 3. The van der Waals surface area contributed by atoms with Crippen LogP contribution in [0.3, 0.4) is 0 Å². The van der Waals surface area contributed by atoms with E-state index in [2.05, 4.69) is 15.4 Å². The number of aromatic nitrogens is 2. The van der Waals surface area contributed by atoms with Crippen LogP contribution in [0, 0.1) is 0 Å². The van der Waals surface area contributed by atoms with Gasteiger partial charge in [0.05, 0.1) is 17.1 Å². The molecule has 0 fully saturated rings. The molecular formula is C12H15N3O. The second-order valence-electron chi connectivity index (χ2n) is 4.55. The van der Waals surface area contributed by atoms with Crippen LogP contribution < -0.4 is 0 Å². The zero-order valence-electron chi connectivity index (χ0n) is 9.24. The summed E-state index contributed by atoms with van der Waals surface area (Å²) in [5, 5.41) is 21.1. The van der Waals surface area contributed by atoms with Crippen molar-refractivity contribution in [2.75, 3.05) is 0 Å². The number of hydrogen-bond donors (Lipinski definition) is 1. The predicted octanol–water partition coefficient (Wildman–Crippen LogP) is 1.87. The maximum absolute atomic E-state index is 9.08. The molecule has 1 N–H and O–H groups in total. The van der Waals surface area contributed by atoms with Gasteiger partial charge in [0.15, 0.2) is 0 Å². The van der Waals surface area contributed by atoms with Gasteiger partial charge >= 0.3 is 0 Å². The molecule has 3 rings (SSSR count). The Morgan fingerprint density at radius 3 is 2.50 bits per heavy atom. The molecule has 2 aliphatic carbocycles. The normalized spacial score (nSPS) is 21.6. The van der Waals surface area contributed by atoms with E-state index in [1.54, 1.807) is 0 Å². The summed E-state index contributed by atoms with van der Waals surface area (Å²) in [6.07, 6.45) is 7.34. The van der Waals surface area contributed by atoms with E-state index in [9.17, 15) is 0 Å². The Kier molecular flexibility index (Phi) is 2.35. The van der Waals surface area contributed by atoms with E-state index >= 15 is 0 Å². The Hall–Kier alpha value is -1.45. The van der Waals surface area contributed by atoms with Crippen molar-refractivity contribution in [3.05, 3.63) is 22.5 Å².